The molecule has 0 amide bonds. The van der Waals surface area contributed by atoms with Crippen LogP contribution in [0.4, 0.5) is 0 Å². The number of nitrogens with one attached hydrogen (secondary N) is 2. The predicted molar refractivity (Wildman–Crippen MR) is 80.9 cm³/mol. The minimum absolute atomic E-state index is 0.838. The van der Waals surface area contributed by atoms with Gasteiger partial charge in [0.2, 0.25) is 0 Å². The van der Waals surface area contributed by atoms with Crippen LogP contribution in [0.2, 0.25) is 0 Å². The molecule has 2 heterocycles. The Hall–Kier alpha value is -0.0800. The highest BCUT2D eigenvalue weighted by molar-refractivity contribution is 4.74. The topological polar surface area (TPSA) is 24.1 Å². The van der Waals surface area contributed by atoms with Crippen LogP contribution < -0.4 is 10.6 Å². The quantitative estimate of drug-likeness (QED) is 0.806. The maximum atomic E-state index is 3.49. The Bertz CT molecular complexity index is 189. The Kier molecular flexibility index (Phi) is 7.92. The maximum absolute atomic E-state index is 3.49. The van der Waals surface area contributed by atoms with Crippen LogP contribution in [0.5, 0.6) is 0 Å². The van der Waals surface area contributed by atoms with Gasteiger partial charge in [0.15, 0.2) is 0 Å². The predicted octanol–water partition coefficient (Wildman–Crippen LogP) is 3.43. The molecule has 2 N–H and O–H groups in total. The van der Waals surface area contributed by atoms with Gasteiger partial charge in [-0.05, 0) is 69.5 Å². The maximum Gasteiger partial charge on any atom is 0.00699 e. The number of piperidine rings is 1. The van der Waals surface area contributed by atoms with E-state index in [1.54, 1.807) is 0 Å². The summed E-state index contributed by atoms with van der Waals surface area (Å²) in [6.45, 7) is 13.0. The van der Waals surface area contributed by atoms with Gasteiger partial charge in [0.05, 0.1) is 0 Å². The highest BCUT2D eigenvalue weighted by atomic mass is 14.9. The lowest BCUT2D eigenvalue weighted by molar-refractivity contribution is 0.296. The summed E-state index contributed by atoms with van der Waals surface area (Å²) in [6.07, 6.45) is 6.96. The zero-order valence-electron chi connectivity index (χ0n) is 13.0. The summed E-state index contributed by atoms with van der Waals surface area (Å²) in [6, 6.07) is 0.838. The Labute approximate surface area is 114 Å². The lowest BCUT2D eigenvalue weighted by Crippen LogP contribution is -2.32. The fraction of sp³-hybridized carbons (Fsp3) is 1.00. The average Bonchev–Trinajstić information content (AvgIpc) is 2.83. The molecule has 2 fully saturated rings. The molecule has 108 valence electrons. The van der Waals surface area contributed by atoms with E-state index in [0.29, 0.717) is 0 Å². The lowest BCUT2D eigenvalue weighted by atomic mass is 9.89. The number of hydrogen-bond donors (Lipinski definition) is 2. The summed E-state index contributed by atoms with van der Waals surface area (Å²) in [4.78, 5) is 0. The van der Waals surface area contributed by atoms with Crippen LogP contribution in [0.25, 0.3) is 0 Å². The third kappa shape index (κ3) is 6.75. The van der Waals surface area contributed by atoms with E-state index in [-0.39, 0.29) is 0 Å². The first kappa shape index (κ1) is 16.0. The molecule has 2 aliphatic rings. The second-order valence-corrected chi connectivity index (χ2v) is 6.77. The number of hydrogen-bond acceptors (Lipinski definition) is 2. The van der Waals surface area contributed by atoms with Gasteiger partial charge in [-0.15, -0.1) is 0 Å². The van der Waals surface area contributed by atoms with E-state index in [1.165, 1.54) is 51.7 Å². The van der Waals surface area contributed by atoms with Crippen molar-refractivity contribution >= 4 is 0 Å². The Morgan fingerprint density at radius 2 is 1.72 bits per heavy atom. The van der Waals surface area contributed by atoms with Gasteiger partial charge in [-0.3, -0.25) is 0 Å². The molecule has 2 atom stereocenters. The summed E-state index contributed by atoms with van der Waals surface area (Å²) in [7, 11) is 0. The second-order valence-electron chi connectivity index (χ2n) is 6.77. The molecule has 2 heteroatoms. The zero-order chi connectivity index (χ0) is 13.4. The summed E-state index contributed by atoms with van der Waals surface area (Å²) in [5.74, 6) is 2.68. The third-order valence-electron chi connectivity index (χ3n) is 4.20. The minimum atomic E-state index is 0.838. The van der Waals surface area contributed by atoms with Crippen LogP contribution >= 0.6 is 0 Å². The van der Waals surface area contributed by atoms with Crippen LogP contribution in [0.1, 0.15) is 59.8 Å². The smallest absolute Gasteiger partial charge is 0.00699 e. The van der Waals surface area contributed by atoms with E-state index in [1.807, 2.05) is 0 Å². The fourth-order valence-electron chi connectivity index (χ4n) is 2.97. The Balaban J connectivity index is 0.000000180. The van der Waals surface area contributed by atoms with Gasteiger partial charge in [0.25, 0.3) is 0 Å². The van der Waals surface area contributed by atoms with Gasteiger partial charge >= 0.3 is 0 Å². The minimum Gasteiger partial charge on any atom is -0.316 e. The van der Waals surface area contributed by atoms with Crippen molar-refractivity contribution in [1.82, 2.24) is 10.6 Å². The van der Waals surface area contributed by atoms with Crippen molar-refractivity contribution < 1.29 is 0 Å². The Morgan fingerprint density at radius 1 is 1.00 bits per heavy atom. The van der Waals surface area contributed by atoms with Crippen molar-refractivity contribution in [3.8, 4) is 0 Å². The summed E-state index contributed by atoms with van der Waals surface area (Å²) < 4.78 is 0. The molecular weight excluding hydrogens is 220 g/mol. The van der Waals surface area contributed by atoms with Crippen LogP contribution in [0.3, 0.4) is 0 Å². The van der Waals surface area contributed by atoms with E-state index < -0.39 is 0 Å². The standard InChI is InChI=1S/2C8H17N/c1-7(2)8-4-3-5-9-6-8;1-7(2)6-8-4-3-5-9-8/h2*7-9H,3-6H2,1-2H3. The summed E-state index contributed by atoms with van der Waals surface area (Å²) in [5.41, 5.74) is 0. The first-order chi connectivity index (χ1) is 8.59. The van der Waals surface area contributed by atoms with Crippen molar-refractivity contribution in [1.29, 1.82) is 0 Å². The van der Waals surface area contributed by atoms with Crippen molar-refractivity contribution in [3.05, 3.63) is 0 Å². The van der Waals surface area contributed by atoms with Gasteiger partial charge in [-0.25, -0.2) is 0 Å². The van der Waals surface area contributed by atoms with E-state index in [4.69, 9.17) is 0 Å². The SMILES string of the molecule is CC(C)C1CCCNC1.CC(C)CC1CCCN1. The zero-order valence-corrected chi connectivity index (χ0v) is 13.0. The molecule has 2 saturated heterocycles. The highest BCUT2D eigenvalue weighted by Crippen LogP contribution is 2.18. The molecule has 2 rings (SSSR count). The van der Waals surface area contributed by atoms with Gasteiger partial charge in [-0.1, -0.05) is 27.7 Å². The van der Waals surface area contributed by atoms with Gasteiger partial charge in [0, 0.05) is 6.04 Å². The van der Waals surface area contributed by atoms with Gasteiger partial charge < -0.3 is 10.6 Å². The first-order valence-corrected chi connectivity index (χ1v) is 8.03. The molecule has 0 aliphatic carbocycles. The molecule has 2 nitrogen and oxygen atoms in total. The molecule has 0 aromatic heterocycles. The normalized spacial score (nSPS) is 28.3. The molecule has 0 spiro atoms. The summed E-state index contributed by atoms with van der Waals surface area (Å²) >= 11 is 0. The molecule has 2 aliphatic heterocycles. The van der Waals surface area contributed by atoms with Crippen molar-refractivity contribution in [3.63, 3.8) is 0 Å². The highest BCUT2D eigenvalue weighted by Gasteiger charge is 2.15. The van der Waals surface area contributed by atoms with Crippen molar-refractivity contribution in [2.75, 3.05) is 19.6 Å². The van der Waals surface area contributed by atoms with Crippen molar-refractivity contribution in [2.45, 2.75) is 65.8 Å². The largest absolute Gasteiger partial charge is 0.316 e. The van der Waals surface area contributed by atoms with Gasteiger partial charge in [0.1, 0.15) is 0 Å². The van der Waals surface area contributed by atoms with Gasteiger partial charge in [-0.2, -0.15) is 0 Å². The molecule has 0 radical (unpaired) electrons. The number of rotatable bonds is 3. The van der Waals surface area contributed by atoms with Crippen LogP contribution in [-0.2, 0) is 0 Å². The molecular formula is C16H34N2. The molecule has 0 aromatic carbocycles. The van der Waals surface area contributed by atoms with Crippen LogP contribution in [-0.4, -0.2) is 25.7 Å². The first-order valence-electron chi connectivity index (χ1n) is 8.03. The fourth-order valence-corrected chi connectivity index (χ4v) is 2.97. The van der Waals surface area contributed by atoms with Crippen LogP contribution in [0, 0.1) is 17.8 Å². The average molecular weight is 254 g/mol. The second kappa shape index (κ2) is 8.92. The van der Waals surface area contributed by atoms with E-state index in [0.717, 1.165) is 23.8 Å². The summed E-state index contributed by atoms with van der Waals surface area (Å²) in [5, 5.41) is 6.90. The van der Waals surface area contributed by atoms with E-state index in [9.17, 15) is 0 Å². The molecule has 0 aromatic rings. The van der Waals surface area contributed by atoms with E-state index >= 15 is 0 Å². The molecule has 2 unspecified atom stereocenters. The lowest BCUT2D eigenvalue weighted by Gasteiger charge is -2.25. The van der Waals surface area contributed by atoms with Crippen LogP contribution in [0.15, 0.2) is 0 Å². The van der Waals surface area contributed by atoms with Crippen molar-refractivity contribution in [2.24, 2.45) is 17.8 Å². The third-order valence-corrected chi connectivity index (χ3v) is 4.20. The van der Waals surface area contributed by atoms with E-state index in [2.05, 4.69) is 38.3 Å². The Morgan fingerprint density at radius 3 is 2.11 bits per heavy atom. The molecule has 18 heavy (non-hydrogen) atoms. The monoisotopic (exact) mass is 254 g/mol. The molecule has 0 bridgehead atoms. The molecule has 0 saturated carbocycles.